The number of aromatic nitrogens is 2. The Morgan fingerprint density at radius 1 is 1.27 bits per heavy atom. The Labute approximate surface area is 169 Å². The van der Waals surface area contributed by atoms with Crippen LogP contribution in [0.3, 0.4) is 0 Å². The predicted molar refractivity (Wildman–Crippen MR) is 108 cm³/mol. The summed E-state index contributed by atoms with van der Waals surface area (Å²) in [4.78, 5) is 12.3. The van der Waals surface area contributed by atoms with Crippen molar-refractivity contribution in [2.24, 2.45) is 5.92 Å². The molecule has 0 saturated carbocycles. The first-order chi connectivity index (χ1) is 12.1. The highest BCUT2D eigenvalue weighted by Gasteiger charge is 2.15. The van der Waals surface area contributed by atoms with Crippen molar-refractivity contribution in [3.8, 4) is 0 Å². The first-order valence-corrected chi connectivity index (χ1v) is 9.34. The lowest BCUT2D eigenvalue weighted by atomic mass is 9.93. The lowest BCUT2D eigenvalue weighted by Gasteiger charge is -2.22. The number of nitrogens with one attached hydrogen (secondary N) is 2. The number of nitrogens with zero attached hydrogens (tertiary/aromatic N) is 2. The molecule has 0 atom stereocenters. The summed E-state index contributed by atoms with van der Waals surface area (Å²) in [5, 5.41) is 11.6. The second-order valence-corrected chi connectivity index (χ2v) is 7.15. The average Bonchev–Trinajstić information content (AvgIpc) is 3.05. The number of carbonyl (C=O) groups excluding carboxylic acids is 1. The zero-order chi connectivity index (χ0) is 17.6. The van der Waals surface area contributed by atoms with Gasteiger partial charge in [0.2, 0.25) is 5.91 Å². The van der Waals surface area contributed by atoms with E-state index in [0.29, 0.717) is 34.7 Å². The molecule has 1 amide bonds. The second kappa shape index (κ2) is 10.2. The van der Waals surface area contributed by atoms with Crippen molar-refractivity contribution in [3.05, 3.63) is 46.1 Å². The molecule has 1 aliphatic heterocycles. The van der Waals surface area contributed by atoms with Crippen LogP contribution in [0.1, 0.15) is 31.2 Å². The van der Waals surface area contributed by atoms with Gasteiger partial charge in [0.25, 0.3) is 0 Å². The number of anilines is 1. The molecule has 1 aliphatic rings. The molecule has 5 nitrogen and oxygen atoms in total. The van der Waals surface area contributed by atoms with E-state index in [1.165, 1.54) is 0 Å². The largest absolute Gasteiger partial charge is 0.317 e. The first kappa shape index (κ1) is 21.0. The molecule has 0 aliphatic carbocycles. The Kier molecular flexibility index (Phi) is 8.22. The Morgan fingerprint density at radius 3 is 2.81 bits per heavy atom. The smallest absolute Gasteiger partial charge is 0.225 e. The van der Waals surface area contributed by atoms with Gasteiger partial charge in [-0.15, -0.1) is 12.4 Å². The van der Waals surface area contributed by atoms with Crippen LogP contribution in [0, 0.1) is 5.92 Å². The van der Waals surface area contributed by atoms with Crippen molar-refractivity contribution in [1.29, 1.82) is 0 Å². The number of hydrogen-bond acceptors (Lipinski definition) is 3. The van der Waals surface area contributed by atoms with Crippen molar-refractivity contribution in [2.75, 3.05) is 18.4 Å². The third-order valence-corrected chi connectivity index (χ3v) is 5.43. The summed E-state index contributed by atoms with van der Waals surface area (Å²) in [6, 6.07) is 7.30. The molecule has 1 aromatic carbocycles. The number of rotatable bonds is 6. The molecular weight excluding hydrogens is 395 g/mol. The van der Waals surface area contributed by atoms with E-state index >= 15 is 0 Å². The number of carbonyl (C=O) groups is 1. The fraction of sp³-hybridized carbons (Fsp3) is 0.444. The van der Waals surface area contributed by atoms with Crippen molar-refractivity contribution in [2.45, 2.75) is 32.2 Å². The number of amides is 1. The highest BCUT2D eigenvalue weighted by atomic mass is 35.5. The molecule has 142 valence electrons. The Morgan fingerprint density at radius 2 is 2.04 bits per heavy atom. The first-order valence-electron chi connectivity index (χ1n) is 8.59. The molecule has 3 rings (SSSR count). The molecular formula is C18H23Cl3N4O. The SMILES string of the molecule is Cl.O=C(CCC1CCNCC1)Nc1ccnn1Cc1cccc(Cl)c1Cl. The molecule has 0 spiro atoms. The molecule has 2 aromatic rings. The molecule has 0 unspecified atom stereocenters. The van der Waals surface area contributed by atoms with E-state index in [4.69, 9.17) is 23.2 Å². The summed E-state index contributed by atoms with van der Waals surface area (Å²) in [5.74, 6) is 1.34. The minimum Gasteiger partial charge on any atom is -0.317 e. The molecule has 26 heavy (non-hydrogen) atoms. The summed E-state index contributed by atoms with van der Waals surface area (Å²) < 4.78 is 1.72. The lowest BCUT2D eigenvalue weighted by molar-refractivity contribution is -0.116. The fourth-order valence-electron chi connectivity index (χ4n) is 3.11. The molecule has 1 saturated heterocycles. The van der Waals surface area contributed by atoms with Crippen LogP contribution < -0.4 is 10.6 Å². The number of hydrogen-bond donors (Lipinski definition) is 2. The zero-order valence-electron chi connectivity index (χ0n) is 14.4. The average molecular weight is 418 g/mol. The van der Waals surface area contributed by atoms with Crippen LogP contribution in [-0.4, -0.2) is 28.8 Å². The van der Waals surface area contributed by atoms with E-state index in [0.717, 1.165) is 37.9 Å². The lowest BCUT2D eigenvalue weighted by Crippen LogP contribution is -2.28. The molecule has 0 radical (unpaired) electrons. The van der Waals surface area contributed by atoms with E-state index in [1.807, 2.05) is 12.1 Å². The minimum atomic E-state index is 0. The summed E-state index contributed by atoms with van der Waals surface area (Å²) in [7, 11) is 0. The Bertz CT molecular complexity index is 729. The van der Waals surface area contributed by atoms with E-state index in [9.17, 15) is 4.79 Å². The highest BCUT2D eigenvalue weighted by molar-refractivity contribution is 6.42. The number of halogens is 3. The maximum Gasteiger partial charge on any atom is 0.225 e. The van der Waals surface area contributed by atoms with Gasteiger partial charge in [-0.05, 0) is 49.9 Å². The van der Waals surface area contributed by atoms with Gasteiger partial charge in [-0.25, -0.2) is 4.68 Å². The summed E-state index contributed by atoms with van der Waals surface area (Å²) in [5.41, 5.74) is 0.864. The predicted octanol–water partition coefficient (Wildman–Crippen LogP) is 4.38. The molecule has 0 bridgehead atoms. The quantitative estimate of drug-likeness (QED) is 0.733. The van der Waals surface area contributed by atoms with Crippen molar-refractivity contribution in [1.82, 2.24) is 15.1 Å². The highest BCUT2D eigenvalue weighted by Crippen LogP contribution is 2.26. The van der Waals surface area contributed by atoms with Gasteiger partial charge in [-0.2, -0.15) is 5.10 Å². The van der Waals surface area contributed by atoms with E-state index in [2.05, 4.69) is 15.7 Å². The van der Waals surface area contributed by atoms with Gasteiger partial charge in [-0.3, -0.25) is 4.79 Å². The molecule has 2 heterocycles. The maximum absolute atomic E-state index is 12.3. The number of benzene rings is 1. The van der Waals surface area contributed by atoms with E-state index in [-0.39, 0.29) is 18.3 Å². The van der Waals surface area contributed by atoms with Crippen LogP contribution in [0.25, 0.3) is 0 Å². The molecule has 1 aromatic heterocycles. The summed E-state index contributed by atoms with van der Waals surface area (Å²) in [6.45, 7) is 2.56. The number of piperidine rings is 1. The minimum absolute atomic E-state index is 0. The van der Waals surface area contributed by atoms with Crippen molar-refractivity contribution < 1.29 is 4.79 Å². The van der Waals surface area contributed by atoms with Crippen molar-refractivity contribution in [3.63, 3.8) is 0 Å². The standard InChI is InChI=1S/C18H22Cl2N4O.ClH/c19-15-3-1-2-14(18(15)20)12-24-16(8-11-22-24)23-17(25)5-4-13-6-9-21-10-7-13;/h1-3,8,11,13,21H,4-7,9-10,12H2,(H,23,25);1H. The van der Waals surface area contributed by atoms with Gasteiger partial charge < -0.3 is 10.6 Å². The Hall–Kier alpha value is -1.27. The van der Waals surface area contributed by atoms with Crippen LogP contribution >= 0.6 is 35.6 Å². The van der Waals surface area contributed by atoms with Gasteiger partial charge in [0.15, 0.2) is 0 Å². The van der Waals surface area contributed by atoms with Crippen LogP contribution in [0.2, 0.25) is 10.0 Å². The van der Waals surface area contributed by atoms with E-state index < -0.39 is 0 Å². The van der Waals surface area contributed by atoms with Gasteiger partial charge in [0, 0.05) is 12.5 Å². The summed E-state index contributed by atoms with van der Waals surface area (Å²) >= 11 is 12.3. The Balaban J connectivity index is 0.00000243. The van der Waals surface area contributed by atoms with Gasteiger partial charge in [-0.1, -0.05) is 35.3 Å². The van der Waals surface area contributed by atoms with Gasteiger partial charge >= 0.3 is 0 Å². The fourth-order valence-corrected chi connectivity index (χ4v) is 3.49. The van der Waals surface area contributed by atoms with Crippen LogP contribution in [0.5, 0.6) is 0 Å². The normalized spacial score (nSPS) is 14.7. The van der Waals surface area contributed by atoms with Gasteiger partial charge in [0.05, 0.1) is 22.8 Å². The van der Waals surface area contributed by atoms with Gasteiger partial charge in [0.1, 0.15) is 5.82 Å². The monoisotopic (exact) mass is 416 g/mol. The summed E-state index contributed by atoms with van der Waals surface area (Å²) in [6.07, 6.45) is 5.44. The second-order valence-electron chi connectivity index (χ2n) is 6.37. The maximum atomic E-state index is 12.3. The van der Waals surface area contributed by atoms with Crippen molar-refractivity contribution >= 4 is 47.3 Å². The molecule has 1 fully saturated rings. The third-order valence-electron chi connectivity index (χ3n) is 4.57. The molecule has 8 heteroatoms. The van der Waals surface area contributed by atoms with Crippen LogP contribution in [0.4, 0.5) is 5.82 Å². The third kappa shape index (κ3) is 5.61. The van der Waals surface area contributed by atoms with E-state index in [1.54, 1.807) is 23.0 Å². The topological polar surface area (TPSA) is 59.0 Å². The van der Waals surface area contributed by atoms with Crippen LogP contribution in [-0.2, 0) is 11.3 Å². The zero-order valence-corrected chi connectivity index (χ0v) is 16.7. The molecule has 2 N–H and O–H groups in total. The van der Waals surface area contributed by atoms with Crippen LogP contribution in [0.15, 0.2) is 30.5 Å².